The van der Waals surface area contributed by atoms with Crippen LogP contribution >= 0.6 is 22.6 Å². The van der Waals surface area contributed by atoms with Crippen LogP contribution in [-0.4, -0.2) is 35.0 Å². The van der Waals surface area contributed by atoms with E-state index < -0.39 is 0 Å². The van der Waals surface area contributed by atoms with E-state index in [0.29, 0.717) is 4.05 Å². The van der Waals surface area contributed by atoms with Gasteiger partial charge in [-0.2, -0.15) is 0 Å². The summed E-state index contributed by atoms with van der Waals surface area (Å²) < 4.78 is 0.524. The molecular weight excluding hydrogens is 241 g/mol. The van der Waals surface area contributed by atoms with Crippen molar-refractivity contribution in [2.24, 2.45) is 4.99 Å². The Morgan fingerprint density at radius 1 is 1.90 bits per heavy atom. The smallest absolute Gasteiger partial charge is 0.194 e. The number of nitrogens with zero attached hydrogens (tertiary/aromatic N) is 2. The molecule has 0 amide bonds. The maximum atomic E-state index is 4.12. The third kappa shape index (κ3) is 1.53. The highest BCUT2D eigenvalue weighted by atomic mass is 127. The Morgan fingerprint density at radius 3 is 3.00 bits per heavy atom. The Balaban J connectivity index is 2.58. The Bertz CT molecular complexity index is 146. The van der Waals surface area contributed by atoms with Crippen LogP contribution in [0, 0.1) is 0 Å². The molecule has 1 aliphatic rings. The molecular formula is C6H12IN3. The van der Waals surface area contributed by atoms with E-state index in [1.807, 2.05) is 7.05 Å². The second kappa shape index (κ2) is 3.41. The van der Waals surface area contributed by atoms with Crippen LogP contribution in [0.4, 0.5) is 0 Å². The molecule has 1 rings (SSSR count). The minimum atomic E-state index is 0.524. The number of aliphatic imine (C=N–C) groups is 1. The highest BCUT2D eigenvalue weighted by Crippen LogP contribution is 2.08. The highest BCUT2D eigenvalue weighted by molar-refractivity contribution is 14.1. The summed E-state index contributed by atoms with van der Waals surface area (Å²) in [4.78, 5) is 6.35. The van der Waals surface area contributed by atoms with Crippen LogP contribution in [-0.2, 0) is 0 Å². The monoisotopic (exact) mass is 253 g/mol. The van der Waals surface area contributed by atoms with Crippen LogP contribution < -0.4 is 5.32 Å². The zero-order valence-electron chi connectivity index (χ0n) is 6.26. The van der Waals surface area contributed by atoms with Gasteiger partial charge >= 0.3 is 0 Å². The first kappa shape index (κ1) is 8.10. The lowest BCUT2D eigenvalue weighted by Gasteiger charge is -2.12. The molecule has 58 valence electrons. The molecule has 1 heterocycles. The van der Waals surface area contributed by atoms with Gasteiger partial charge in [0, 0.05) is 13.6 Å². The van der Waals surface area contributed by atoms with Crippen LogP contribution in [0.15, 0.2) is 4.99 Å². The van der Waals surface area contributed by atoms with Crippen molar-refractivity contribution in [1.82, 2.24) is 10.2 Å². The molecule has 1 N–H and O–H groups in total. The first-order chi connectivity index (χ1) is 4.77. The second-order valence-corrected chi connectivity index (χ2v) is 3.70. The lowest BCUT2D eigenvalue weighted by molar-refractivity contribution is 0.485. The topological polar surface area (TPSA) is 27.6 Å². The number of nitrogens with one attached hydrogen (secondary N) is 1. The van der Waals surface area contributed by atoms with Crippen molar-refractivity contribution in [3.63, 3.8) is 0 Å². The van der Waals surface area contributed by atoms with Gasteiger partial charge in [0.2, 0.25) is 0 Å². The van der Waals surface area contributed by atoms with Gasteiger partial charge in [-0.25, -0.2) is 0 Å². The highest BCUT2D eigenvalue weighted by Gasteiger charge is 2.22. The lowest BCUT2D eigenvalue weighted by atomic mass is 10.6. The molecule has 10 heavy (non-hydrogen) atoms. The lowest BCUT2D eigenvalue weighted by Crippen LogP contribution is -2.29. The Morgan fingerprint density at radius 2 is 2.60 bits per heavy atom. The molecule has 0 aromatic heterocycles. The van der Waals surface area contributed by atoms with E-state index in [1.165, 1.54) is 0 Å². The molecule has 1 saturated heterocycles. The number of likely N-dealkylation sites (N-methyl/N-ethyl adjacent to an activating group) is 1. The molecule has 3 nitrogen and oxygen atoms in total. The molecule has 0 saturated carbocycles. The maximum absolute atomic E-state index is 4.12. The van der Waals surface area contributed by atoms with Gasteiger partial charge < -0.3 is 10.2 Å². The molecule has 4 heteroatoms. The van der Waals surface area contributed by atoms with Crippen molar-refractivity contribution >= 4 is 28.6 Å². The molecule has 0 aromatic rings. The molecule has 1 atom stereocenters. The first-order valence-corrected chi connectivity index (χ1v) is 4.64. The second-order valence-electron chi connectivity index (χ2n) is 2.20. The zero-order chi connectivity index (χ0) is 7.56. The summed E-state index contributed by atoms with van der Waals surface area (Å²) in [6.45, 7) is 4.25. The number of guanidine groups is 1. The molecule has 0 aliphatic carbocycles. The SMILES string of the molecule is CCN1CC(I)N/C1=N\C. The standard InChI is InChI=1S/C6H12IN3/c1-3-10-4-5(7)9-6(10)8-2/h5H,3-4H2,1-2H3,(H,8,9). The van der Waals surface area contributed by atoms with Gasteiger partial charge in [0.05, 0.1) is 10.6 Å². The number of halogens is 1. The van der Waals surface area contributed by atoms with Crippen molar-refractivity contribution in [3.8, 4) is 0 Å². The summed E-state index contributed by atoms with van der Waals surface area (Å²) in [5, 5.41) is 3.27. The van der Waals surface area contributed by atoms with Gasteiger partial charge in [-0.05, 0) is 6.92 Å². The van der Waals surface area contributed by atoms with Crippen molar-refractivity contribution < 1.29 is 0 Å². The van der Waals surface area contributed by atoms with Crippen LogP contribution in [0.3, 0.4) is 0 Å². The van der Waals surface area contributed by atoms with Crippen molar-refractivity contribution in [3.05, 3.63) is 0 Å². The molecule has 0 bridgehead atoms. The number of hydrogen-bond acceptors (Lipinski definition) is 1. The third-order valence-corrected chi connectivity index (χ3v) is 2.26. The van der Waals surface area contributed by atoms with Gasteiger partial charge in [0.1, 0.15) is 0 Å². The fourth-order valence-electron chi connectivity index (χ4n) is 1.04. The van der Waals surface area contributed by atoms with E-state index in [9.17, 15) is 0 Å². The molecule has 0 spiro atoms. The Hall–Kier alpha value is 0. The summed E-state index contributed by atoms with van der Waals surface area (Å²) >= 11 is 2.38. The molecule has 1 aliphatic heterocycles. The average molecular weight is 253 g/mol. The van der Waals surface area contributed by atoms with E-state index >= 15 is 0 Å². The number of hydrogen-bond donors (Lipinski definition) is 1. The van der Waals surface area contributed by atoms with Crippen LogP contribution in [0.5, 0.6) is 0 Å². The molecule has 0 aromatic carbocycles. The first-order valence-electron chi connectivity index (χ1n) is 3.40. The summed E-state index contributed by atoms with van der Waals surface area (Å²) in [6, 6.07) is 0. The predicted molar refractivity (Wildman–Crippen MR) is 51.5 cm³/mol. The Kier molecular flexibility index (Phi) is 2.76. The van der Waals surface area contributed by atoms with Crippen LogP contribution in [0.25, 0.3) is 0 Å². The predicted octanol–water partition coefficient (Wildman–Crippen LogP) is 0.658. The van der Waals surface area contributed by atoms with Crippen LogP contribution in [0.1, 0.15) is 6.92 Å². The molecule has 1 unspecified atom stereocenters. The van der Waals surface area contributed by atoms with E-state index in [-0.39, 0.29) is 0 Å². The number of alkyl halides is 1. The summed E-state index contributed by atoms with van der Waals surface area (Å²) in [5.74, 6) is 1.03. The van der Waals surface area contributed by atoms with Gasteiger partial charge in [0.15, 0.2) is 5.96 Å². The number of rotatable bonds is 1. The van der Waals surface area contributed by atoms with Crippen molar-refractivity contribution in [1.29, 1.82) is 0 Å². The molecule has 1 fully saturated rings. The third-order valence-electron chi connectivity index (χ3n) is 1.56. The van der Waals surface area contributed by atoms with Gasteiger partial charge in [-0.15, -0.1) is 0 Å². The minimum absolute atomic E-state index is 0.524. The van der Waals surface area contributed by atoms with E-state index in [4.69, 9.17) is 0 Å². The van der Waals surface area contributed by atoms with Crippen LogP contribution in [0.2, 0.25) is 0 Å². The van der Waals surface area contributed by atoms with Gasteiger partial charge in [-0.3, -0.25) is 4.99 Å². The summed E-state index contributed by atoms with van der Waals surface area (Å²) in [6.07, 6.45) is 0. The maximum Gasteiger partial charge on any atom is 0.194 e. The van der Waals surface area contributed by atoms with Gasteiger partial charge in [0.25, 0.3) is 0 Å². The van der Waals surface area contributed by atoms with Crippen molar-refractivity contribution in [2.45, 2.75) is 11.0 Å². The quantitative estimate of drug-likeness (QED) is 0.422. The fraction of sp³-hybridized carbons (Fsp3) is 0.833. The zero-order valence-corrected chi connectivity index (χ0v) is 8.42. The summed E-state index contributed by atoms with van der Waals surface area (Å²) in [7, 11) is 1.82. The largest absolute Gasteiger partial charge is 0.343 e. The van der Waals surface area contributed by atoms with E-state index in [1.54, 1.807) is 0 Å². The van der Waals surface area contributed by atoms with E-state index in [0.717, 1.165) is 19.0 Å². The molecule has 0 radical (unpaired) electrons. The average Bonchev–Trinajstić information content (AvgIpc) is 2.30. The van der Waals surface area contributed by atoms with Crippen molar-refractivity contribution in [2.75, 3.05) is 20.1 Å². The normalized spacial score (nSPS) is 29.3. The Labute approximate surface area is 75.0 Å². The minimum Gasteiger partial charge on any atom is -0.343 e. The summed E-state index contributed by atoms with van der Waals surface area (Å²) in [5.41, 5.74) is 0. The van der Waals surface area contributed by atoms with Gasteiger partial charge in [-0.1, -0.05) is 22.6 Å². The van der Waals surface area contributed by atoms with E-state index in [2.05, 4.69) is 44.7 Å². The fourth-order valence-corrected chi connectivity index (χ4v) is 1.80.